The fraction of sp³-hybridized carbons (Fsp3) is 0.364. The summed E-state index contributed by atoms with van der Waals surface area (Å²) >= 11 is 0. The van der Waals surface area contributed by atoms with Gasteiger partial charge in [-0.1, -0.05) is 12.1 Å². The van der Waals surface area contributed by atoms with Crippen molar-refractivity contribution in [3.63, 3.8) is 0 Å². The van der Waals surface area contributed by atoms with Gasteiger partial charge in [0.15, 0.2) is 0 Å². The summed E-state index contributed by atoms with van der Waals surface area (Å²) in [6.45, 7) is 3.17. The number of aliphatic imine (C=N–C) groups is 1. The van der Waals surface area contributed by atoms with Gasteiger partial charge < -0.3 is 15.2 Å². The number of nitrogens with zero attached hydrogens (tertiary/aromatic N) is 1. The van der Waals surface area contributed by atoms with Crippen LogP contribution in [0.4, 0.5) is 0 Å². The lowest BCUT2D eigenvalue weighted by Gasteiger charge is -2.07. The average molecular weight is 206 g/mol. The summed E-state index contributed by atoms with van der Waals surface area (Å²) in [4.78, 5) is 4.17. The van der Waals surface area contributed by atoms with E-state index in [4.69, 9.17) is 15.2 Å². The normalized spacial score (nSPS) is 19.5. The molecule has 0 bridgehead atoms. The van der Waals surface area contributed by atoms with Crippen molar-refractivity contribution in [3.05, 3.63) is 29.8 Å². The molecule has 4 nitrogen and oxygen atoms in total. The predicted octanol–water partition coefficient (Wildman–Crippen LogP) is 1.47. The summed E-state index contributed by atoms with van der Waals surface area (Å²) in [7, 11) is 0. The predicted molar refractivity (Wildman–Crippen MR) is 57.9 cm³/mol. The van der Waals surface area contributed by atoms with Gasteiger partial charge in [-0.3, -0.25) is 0 Å². The van der Waals surface area contributed by atoms with Gasteiger partial charge in [-0.25, -0.2) is 4.99 Å². The molecule has 0 radical (unpaired) electrons. The Kier molecular flexibility index (Phi) is 2.76. The molecule has 0 aromatic heterocycles. The molecule has 0 saturated heterocycles. The Labute approximate surface area is 88.7 Å². The highest BCUT2D eigenvalue weighted by molar-refractivity contribution is 5.73. The van der Waals surface area contributed by atoms with Gasteiger partial charge in [-0.15, -0.1) is 0 Å². The van der Waals surface area contributed by atoms with E-state index in [0.29, 0.717) is 13.2 Å². The van der Waals surface area contributed by atoms with Crippen molar-refractivity contribution in [2.45, 2.75) is 13.0 Å². The minimum atomic E-state index is 0.0284. The third-order valence-corrected chi connectivity index (χ3v) is 2.25. The van der Waals surface area contributed by atoms with E-state index in [9.17, 15) is 0 Å². The molecule has 80 valence electrons. The highest BCUT2D eigenvalue weighted by Gasteiger charge is 2.18. The van der Waals surface area contributed by atoms with E-state index in [1.165, 1.54) is 0 Å². The van der Waals surface area contributed by atoms with Crippen molar-refractivity contribution in [3.8, 4) is 5.75 Å². The molecular formula is C11H14N2O2. The van der Waals surface area contributed by atoms with E-state index in [-0.39, 0.29) is 12.1 Å². The molecule has 1 aromatic rings. The molecule has 1 atom stereocenters. The molecule has 2 rings (SSSR count). The molecule has 0 fully saturated rings. The second kappa shape index (κ2) is 4.21. The number of amidine groups is 1. The summed E-state index contributed by atoms with van der Waals surface area (Å²) in [6.07, 6.45) is 0. The van der Waals surface area contributed by atoms with Crippen LogP contribution in [0.15, 0.2) is 29.3 Å². The van der Waals surface area contributed by atoms with Gasteiger partial charge in [0.2, 0.25) is 0 Å². The first-order valence-corrected chi connectivity index (χ1v) is 4.98. The van der Waals surface area contributed by atoms with Crippen LogP contribution >= 0.6 is 0 Å². The van der Waals surface area contributed by atoms with Gasteiger partial charge >= 0.3 is 0 Å². The van der Waals surface area contributed by atoms with Crippen LogP contribution in [0.2, 0.25) is 0 Å². The monoisotopic (exact) mass is 206 g/mol. The van der Waals surface area contributed by atoms with Gasteiger partial charge in [0.1, 0.15) is 18.4 Å². The van der Waals surface area contributed by atoms with Crippen LogP contribution < -0.4 is 10.5 Å². The maximum Gasteiger partial charge on any atom is 0.282 e. The van der Waals surface area contributed by atoms with Crippen molar-refractivity contribution in [2.24, 2.45) is 10.7 Å². The second-order valence-corrected chi connectivity index (χ2v) is 3.30. The molecule has 0 saturated carbocycles. The Balaban J connectivity index is 2.10. The van der Waals surface area contributed by atoms with Crippen LogP contribution in [-0.2, 0) is 4.74 Å². The maximum absolute atomic E-state index is 5.44. The van der Waals surface area contributed by atoms with Crippen molar-refractivity contribution in [2.75, 3.05) is 13.2 Å². The molecule has 15 heavy (non-hydrogen) atoms. The van der Waals surface area contributed by atoms with E-state index in [2.05, 4.69) is 4.99 Å². The zero-order valence-corrected chi connectivity index (χ0v) is 8.64. The van der Waals surface area contributed by atoms with Crippen molar-refractivity contribution < 1.29 is 9.47 Å². The van der Waals surface area contributed by atoms with Gasteiger partial charge in [0, 0.05) is 0 Å². The molecule has 0 amide bonds. The fourth-order valence-corrected chi connectivity index (χ4v) is 1.52. The minimum Gasteiger partial charge on any atom is -0.494 e. The first-order valence-electron chi connectivity index (χ1n) is 4.98. The van der Waals surface area contributed by atoms with E-state index < -0.39 is 0 Å². The lowest BCUT2D eigenvalue weighted by molar-refractivity contribution is 0.314. The molecule has 2 N–H and O–H groups in total. The Morgan fingerprint density at radius 1 is 1.47 bits per heavy atom. The first kappa shape index (κ1) is 9.83. The van der Waals surface area contributed by atoms with E-state index in [0.717, 1.165) is 11.3 Å². The molecule has 1 heterocycles. The SMILES string of the molecule is CCOc1ccc(C2COC(N)=N2)cc1. The number of rotatable bonds is 3. The quantitative estimate of drug-likeness (QED) is 0.814. The lowest BCUT2D eigenvalue weighted by atomic mass is 10.1. The van der Waals surface area contributed by atoms with Gasteiger partial charge in [0.25, 0.3) is 6.02 Å². The average Bonchev–Trinajstić information content (AvgIpc) is 2.67. The zero-order chi connectivity index (χ0) is 10.7. The molecular weight excluding hydrogens is 192 g/mol. The largest absolute Gasteiger partial charge is 0.494 e. The van der Waals surface area contributed by atoms with Crippen molar-refractivity contribution in [1.82, 2.24) is 0 Å². The number of hydrogen-bond acceptors (Lipinski definition) is 4. The standard InChI is InChI=1S/C11H14N2O2/c1-2-14-9-5-3-8(4-6-9)10-7-15-11(12)13-10/h3-6,10H,2,7H2,1H3,(H2,12,13). The second-order valence-electron chi connectivity index (χ2n) is 3.30. The van der Waals surface area contributed by atoms with E-state index >= 15 is 0 Å². The zero-order valence-electron chi connectivity index (χ0n) is 8.64. The van der Waals surface area contributed by atoms with Crippen LogP contribution in [0, 0.1) is 0 Å². The maximum atomic E-state index is 5.44. The molecule has 0 aliphatic carbocycles. The van der Waals surface area contributed by atoms with Crippen molar-refractivity contribution >= 4 is 6.02 Å². The van der Waals surface area contributed by atoms with Crippen LogP contribution in [0.1, 0.15) is 18.5 Å². The smallest absolute Gasteiger partial charge is 0.282 e. The van der Waals surface area contributed by atoms with E-state index in [1.807, 2.05) is 31.2 Å². The Bertz CT molecular complexity index is 359. The highest BCUT2D eigenvalue weighted by atomic mass is 16.5. The molecule has 1 aliphatic rings. The number of nitrogens with two attached hydrogens (primary N) is 1. The fourth-order valence-electron chi connectivity index (χ4n) is 1.52. The van der Waals surface area contributed by atoms with Crippen molar-refractivity contribution in [1.29, 1.82) is 0 Å². The number of hydrogen-bond donors (Lipinski definition) is 1. The van der Waals surface area contributed by atoms with Gasteiger partial charge in [-0.2, -0.15) is 0 Å². The van der Waals surface area contributed by atoms with Gasteiger partial charge in [0.05, 0.1) is 6.61 Å². The van der Waals surface area contributed by atoms with Gasteiger partial charge in [-0.05, 0) is 24.6 Å². The Morgan fingerprint density at radius 3 is 2.73 bits per heavy atom. The molecule has 1 aromatic carbocycles. The number of benzene rings is 1. The van der Waals surface area contributed by atoms with E-state index in [1.54, 1.807) is 0 Å². The third-order valence-electron chi connectivity index (χ3n) is 2.25. The topological polar surface area (TPSA) is 56.8 Å². The third kappa shape index (κ3) is 2.21. The summed E-state index contributed by atoms with van der Waals surface area (Å²) in [6, 6.07) is 8.14. The summed E-state index contributed by atoms with van der Waals surface area (Å²) in [5, 5.41) is 0. The first-order chi connectivity index (χ1) is 7.29. The van der Waals surface area contributed by atoms with Crippen LogP contribution in [-0.4, -0.2) is 19.2 Å². The highest BCUT2D eigenvalue weighted by Crippen LogP contribution is 2.23. The number of ether oxygens (including phenoxy) is 2. The summed E-state index contributed by atoms with van der Waals surface area (Å²) in [5.74, 6) is 0.872. The Morgan fingerprint density at radius 2 is 2.20 bits per heavy atom. The van der Waals surface area contributed by atoms with Crippen LogP contribution in [0.25, 0.3) is 0 Å². The summed E-state index contributed by atoms with van der Waals surface area (Å²) in [5.41, 5.74) is 6.54. The van der Waals surface area contributed by atoms with Crippen LogP contribution in [0.3, 0.4) is 0 Å². The lowest BCUT2D eigenvalue weighted by Crippen LogP contribution is -2.10. The molecule has 4 heteroatoms. The Hall–Kier alpha value is -1.71. The summed E-state index contributed by atoms with van der Waals surface area (Å²) < 4.78 is 10.4. The molecule has 0 spiro atoms. The minimum absolute atomic E-state index is 0.0284. The molecule has 1 unspecified atom stereocenters. The molecule has 1 aliphatic heterocycles. The van der Waals surface area contributed by atoms with Crippen LogP contribution in [0.5, 0.6) is 5.75 Å².